The molecule has 4 nitrogen and oxygen atoms in total. The molecule has 0 aliphatic rings. The molecular weight excluding hydrogens is 270 g/mol. The van der Waals surface area contributed by atoms with E-state index in [2.05, 4.69) is 9.97 Å². The Labute approximate surface area is 114 Å². The predicted octanol–water partition coefficient (Wildman–Crippen LogP) is 2.70. The van der Waals surface area contributed by atoms with Crippen LogP contribution in [0.1, 0.15) is 32.2 Å². The van der Waals surface area contributed by atoms with Gasteiger partial charge in [0.2, 0.25) is 0 Å². The molecule has 0 spiro atoms. The van der Waals surface area contributed by atoms with Crippen LogP contribution in [0.15, 0.2) is 22.6 Å². The van der Waals surface area contributed by atoms with Gasteiger partial charge in [0.25, 0.3) is 5.56 Å². The van der Waals surface area contributed by atoms with Gasteiger partial charge < -0.3 is 0 Å². The average Bonchev–Trinajstić information content (AvgIpc) is 2.65. The lowest BCUT2D eigenvalue weighted by Gasteiger charge is -2.17. The molecule has 2 aromatic heterocycles. The quantitative estimate of drug-likeness (QED) is 0.851. The number of rotatable bonds is 2. The summed E-state index contributed by atoms with van der Waals surface area (Å²) in [5, 5.41) is 1.84. The third kappa shape index (κ3) is 2.97. The van der Waals surface area contributed by atoms with Gasteiger partial charge in [0.1, 0.15) is 0 Å². The zero-order valence-corrected chi connectivity index (χ0v) is 12.0. The first-order chi connectivity index (χ1) is 8.36. The van der Waals surface area contributed by atoms with E-state index in [0.29, 0.717) is 11.0 Å². The van der Waals surface area contributed by atoms with E-state index in [1.54, 1.807) is 12.4 Å². The first-order valence-electron chi connectivity index (χ1n) is 5.53. The summed E-state index contributed by atoms with van der Waals surface area (Å²) in [4.78, 5) is 20.4. The molecule has 0 unspecified atom stereocenters. The molecule has 0 saturated carbocycles. The molecule has 0 aliphatic heterocycles. The van der Waals surface area contributed by atoms with E-state index in [1.807, 2.05) is 26.2 Å². The zero-order valence-electron chi connectivity index (χ0n) is 10.5. The zero-order chi connectivity index (χ0) is 13.3. The van der Waals surface area contributed by atoms with Crippen molar-refractivity contribution in [3.63, 3.8) is 0 Å². The van der Waals surface area contributed by atoms with Crippen molar-refractivity contribution in [1.82, 2.24) is 14.5 Å². The smallest absolute Gasteiger partial charge is 0.253 e. The summed E-state index contributed by atoms with van der Waals surface area (Å²) < 4.78 is 2.01. The van der Waals surface area contributed by atoms with E-state index in [9.17, 15) is 4.79 Å². The van der Waals surface area contributed by atoms with Crippen LogP contribution in [0, 0.1) is 0 Å². The second-order valence-corrected chi connectivity index (χ2v) is 6.52. The van der Waals surface area contributed by atoms with Crippen LogP contribution in [0.2, 0.25) is 4.47 Å². The van der Waals surface area contributed by atoms with Gasteiger partial charge in [0, 0.05) is 16.9 Å². The Morgan fingerprint density at radius 1 is 1.44 bits per heavy atom. The summed E-state index contributed by atoms with van der Waals surface area (Å²) >= 11 is 7.11. The Morgan fingerprint density at radius 3 is 2.67 bits per heavy atom. The number of thiazole rings is 1. The molecule has 0 fully saturated rings. The second kappa shape index (κ2) is 4.82. The number of halogens is 1. The van der Waals surface area contributed by atoms with Crippen molar-refractivity contribution >= 4 is 22.9 Å². The molecule has 0 N–H and O–H groups in total. The van der Waals surface area contributed by atoms with Crippen LogP contribution in [-0.4, -0.2) is 14.5 Å². The number of aromatic nitrogens is 3. The highest BCUT2D eigenvalue weighted by atomic mass is 35.5. The SMILES string of the molecule is CC(C)(C)c1cc(=O)n(Cc2csc(Cl)n2)cn1. The third-order valence-electron chi connectivity index (χ3n) is 2.50. The van der Waals surface area contributed by atoms with E-state index in [0.717, 1.165) is 11.4 Å². The maximum Gasteiger partial charge on any atom is 0.253 e. The van der Waals surface area contributed by atoms with Crippen molar-refractivity contribution in [3.8, 4) is 0 Å². The largest absolute Gasteiger partial charge is 0.293 e. The predicted molar refractivity (Wildman–Crippen MR) is 73.4 cm³/mol. The normalized spacial score (nSPS) is 11.8. The van der Waals surface area contributed by atoms with Gasteiger partial charge in [-0.3, -0.25) is 9.36 Å². The highest BCUT2D eigenvalue weighted by Gasteiger charge is 2.16. The van der Waals surface area contributed by atoms with Crippen LogP contribution in [0.5, 0.6) is 0 Å². The highest BCUT2D eigenvalue weighted by molar-refractivity contribution is 7.13. The van der Waals surface area contributed by atoms with Gasteiger partial charge in [0.05, 0.1) is 24.3 Å². The van der Waals surface area contributed by atoms with Crippen LogP contribution in [0.4, 0.5) is 0 Å². The standard InChI is InChI=1S/C12H14ClN3OS/c1-12(2,3)9-4-10(17)16(7-14-9)5-8-6-18-11(13)15-8/h4,6-7H,5H2,1-3H3. The monoisotopic (exact) mass is 283 g/mol. The topological polar surface area (TPSA) is 47.8 Å². The summed E-state index contributed by atoms with van der Waals surface area (Å²) in [6, 6.07) is 1.58. The van der Waals surface area contributed by atoms with Crippen LogP contribution in [0.3, 0.4) is 0 Å². The average molecular weight is 284 g/mol. The minimum atomic E-state index is -0.123. The molecule has 2 rings (SSSR count). The molecule has 0 aromatic carbocycles. The lowest BCUT2D eigenvalue weighted by Crippen LogP contribution is -2.25. The molecule has 96 valence electrons. The Morgan fingerprint density at radius 2 is 2.17 bits per heavy atom. The van der Waals surface area contributed by atoms with Crippen molar-refractivity contribution in [2.75, 3.05) is 0 Å². The summed E-state index contributed by atoms with van der Waals surface area (Å²) in [5.41, 5.74) is 1.37. The lowest BCUT2D eigenvalue weighted by atomic mass is 9.92. The minimum absolute atomic E-state index is 0.0703. The van der Waals surface area contributed by atoms with Crippen molar-refractivity contribution in [2.45, 2.75) is 32.7 Å². The van der Waals surface area contributed by atoms with Gasteiger partial charge in [-0.05, 0) is 0 Å². The molecule has 2 heterocycles. The second-order valence-electron chi connectivity index (χ2n) is 5.08. The van der Waals surface area contributed by atoms with E-state index in [4.69, 9.17) is 11.6 Å². The van der Waals surface area contributed by atoms with Crippen molar-refractivity contribution in [3.05, 3.63) is 44.0 Å². The fourth-order valence-corrected chi connectivity index (χ4v) is 2.26. The Balaban J connectivity index is 2.28. The van der Waals surface area contributed by atoms with Crippen LogP contribution in [0.25, 0.3) is 0 Å². The third-order valence-corrected chi connectivity index (χ3v) is 3.53. The molecule has 0 radical (unpaired) electrons. The van der Waals surface area contributed by atoms with Gasteiger partial charge in [-0.2, -0.15) is 0 Å². The minimum Gasteiger partial charge on any atom is -0.293 e. The fourth-order valence-electron chi connectivity index (χ4n) is 1.48. The molecular formula is C12H14ClN3OS. The van der Waals surface area contributed by atoms with Gasteiger partial charge >= 0.3 is 0 Å². The Bertz CT molecular complexity index is 612. The maximum atomic E-state index is 12.0. The molecule has 0 aliphatic carbocycles. The molecule has 2 aromatic rings. The van der Waals surface area contributed by atoms with Crippen LogP contribution >= 0.6 is 22.9 Å². The molecule has 0 amide bonds. The first kappa shape index (κ1) is 13.2. The van der Waals surface area contributed by atoms with E-state index < -0.39 is 0 Å². The van der Waals surface area contributed by atoms with Crippen LogP contribution < -0.4 is 5.56 Å². The van der Waals surface area contributed by atoms with E-state index in [1.165, 1.54) is 15.9 Å². The Kier molecular flexibility index (Phi) is 3.54. The Hall–Kier alpha value is -1.20. The van der Waals surface area contributed by atoms with Crippen LogP contribution in [-0.2, 0) is 12.0 Å². The first-order valence-corrected chi connectivity index (χ1v) is 6.79. The van der Waals surface area contributed by atoms with Crippen molar-refractivity contribution in [1.29, 1.82) is 0 Å². The van der Waals surface area contributed by atoms with E-state index >= 15 is 0 Å². The van der Waals surface area contributed by atoms with Gasteiger partial charge in [-0.1, -0.05) is 32.4 Å². The molecule has 18 heavy (non-hydrogen) atoms. The summed E-state index contributed by atoms with van der Waals surface area (Å²) in [7, 11) is 0. The molecule has 0 bridgehead atoms. The highest BCUT2D eigenvalue weighted by Crippen LogP contribution is 2.18. The molecule has 0 saturated heterocycles. The van der Waals surface area contributed by atoms with Crippen molar-refractivity contribution in [2.24, 2.45) is 0 Å². The summed E-state index contributed by atoms with van der Waals surface area (Å²) in [6.45, 7) is 6.48. The summed E-state index contributed by atoms with van der Waals surface area (Å²) in [6.07, 6.45) is 1.57. The molecule has 6 heteroatoms. The van der Waals surface area contributed by atoms with E-state index in [-0.39, 0.29) is 11.0 Å². The fraction of sp³-hybridized carbons (Fsp3) is 0.417. The maximum absolute atomic E-state index is 12.0. The molecule has 0 atom stereocenters. The van der Waals surface area contributed by atoms with Gasteiger partial charge in [-0.25, -0.2) is 9.97 Å². The van der Waals surface area contributed by atoms with Gasteiger partial charge in [0.15, 0.2) is 4.47 Å². The number of nitrogens with zero attached hydrogens (tertiary/aromatic N) is 3. The van der Waals surface area contributed by atoms with Gasteiger partial charge in [-0.15, -0.1) is 11.3 Å². The number of hydrogen-bond donors (Lipinski definition) is 0. The summed E-state index contributed by atoms with van der Waals surface area (Å²) in [5.74, 6) is 0. The lowest BCUT2D eigenvalue weighted by molar-refractivity contribution is 0.556. The number of hydrogen-bond acceptors (Lipinski definition) is 4. The van der Waals surface area contributed by atoms with Crippen molar-refractivity contribution < 1.29 is 0 Å².